The van der Waals surface area contributed by atoms with Crippen molar-refractivity contribution in [3.63, 3.8) is 0 Å². The van der Waals surface area contributed by atoms with E-state index in [1.807, 2.05) is 0 Å². The summed E-state index contributed by atoms with van der Waals surface area (Å²) in [6, 6.07) is 2.57. The average Bonchev–Trinajstić information content (AvgIpc) is 2.25. The van der Waals surface area contributed by atoms with Crippen LogP contribution in [0.15, 0.2) is 12.1 Å². The lowest BCUT2D eigenvalue weighted by Gasteiger charge is -2.11. The number of benzene rings is 1. The molecule has 0 aliphatic carbocycles. The molecule has 0 aromatic heterocycles. The first-order valence-corrected chi connectivity index (χ1v) is 7.04. The number of nitrogen functional groups attached to an aromatic ring is 1. The Labute approximate surface area is 105 Å². The summed E-state index contributed by atoms with van der Waals surface area (Å²) in [5.74, 6) is -0.474. The third kappa shape index (κ3) is 4.38. The Morgan fingerprint density at radius 3 is 2.61 bits per heavy atom. The number of rotatable bonds is 6. The van der Waals surface area contributed by atoms with Crippen LogP contribution in [0.25, 0.3) is 0 Å². The molecule has 0 fully saturated rings. The van der Waals surface area contributed by atoms with Gasteiger partial charge in [0.2, 0.25) is 10.0 Å². The molecule has 0 spiro atoms. The number of sulfonamides is 1. The smallest absolute Gasteiger partial charge is 0.208 e. The Hall–Kier alpha value is -1.54. The van der Waals surface area contributed by atoms with Crippen molar-refractivity contribution in [2.24, 2.45) is 0 Å². The minimum absolute atomic E-state index is 0.0720. The fraction of sp³-hybridized carbons (Fsp3) is 0.400. The third-order valence-corrected chi connectivity index (χ3v) is 2.86. The summed E-state index contributed by atoms with van der Waals surface area (Å²) in [5, 5.41) is 2.89. The van der Waals surface area contributed by atoms with Gasteiger partial charge in [-0.3, -0.25) is 0 Å². The molecule has 0 aliphatic heterocycles. The first-order valence-electron chi connectivity index (χ1n) is 5.15. The van der Waals surface area contributed by atoms with Gasteiger partial charge in [-0.1, -0.05) is 0 Å². The molecule has 6 nitrogen and oxygen atoms in total. The van der Waals surface area contributed by atoms with E-state index >= 15 is 0 Å². The molecule has 8 heteroatoms. The van der Waals surface area contributed by atoms with E-state index in [9.17, 15) is 12.8 Å². The highest BCUT2D eigenvalue weighted by molar-refractivity contribution is 7.88. The fourth-order valence-electron chi connectivity index (χ4n) is 1.31. The van der Waals surface area contributed by atoms with E-state index in [0.717, 1.165) is 12.3 Å². The molecule has 1 rings (SSSR count). The van der Waals surface area contributed by atoms with Gasteiger partial charge in [-0.05, 0) is 0 Å². The lowest BCUT2D eigenvalue weighted by molar-refractivity contribution is 0.387. The molecule has 4 N–H and O–H groups in total. The number of nitrogens with one attached hydrogen (secondary N) is 2. The topological polar surface area (TPSA) is 93.5 Å². The summed E-state index contributed by atoms with van der Waals surface area (Å²) >= 11 is 0. The van der Waals surface area contributed by atoms with Gasteiger partial charge in [-0.25, -0.2) is 17.5 Å². The maximum absolute atomic E-state index is 13.3. The Kier molecular flexibility index (Phi) is 4.74. The van der Waals surface area contributed by atoms with Gasteiger partial charge in [-0.2, -0.15) is 0 Å². The predicted octanol–water partition coefficient (Wildman–Crippen LogP) is 0.378. The number of hydrogen-bond acceptors (Lipinski definition) is 5. The molecule has 0 amide bonds. The van der Waals surface area contributed by atoms with Crippen LogP contribution in [0.4, 0.5) is 15.8 Å². The van der Waals surface area contributed by atoms with Crippen molar-refractivity contribution in [2.45, 2.75) is 0 Å². The number of halogens is 1. The van der Waals surface area contributed by atoms with Gasteiger partial charge in [0.25, 0.3) is 0 Å². The second-order valence-electron chi connectivity index (χ2n) is 3.67. The number of anilines is 2. The summed E-state index contributed by atoms with van der Waals surface area (Å²) in [7, 11) is -1.86. The molecule has 0 saturated heterocycles. The van der Waals surface area contributed by atoms with Gasteiger partial charge in [-0.15, -0.1) is 0 Å². The van der Waals surface area contributed by atoms with Crippen LogP contribution >= 0.6 is 0 Å². The van der Waals surface area contributed by atoms with Crippen LogP contribution in [-0.2, 0) is 10.0 Å². The van der Waals surface area contributed by atoms with E-state index in [1.54, 1.807) is 0 Å². The van der Waals surface area contributed by atoms with Crippen LogP contribution in [-0.4, -0.2) is 34.9 Å². The van der Waals surface area contributed by atoms with Crippen LogP contribution in [0.3, 0.4) is 0 Å². The largest absolute Gasteiger partial charge is 0.494 e. The molecule has 0 heterocycles. The summed E-state index contributed by atoms with van der Waals surface area (Å²) < 4.78 is 42.0. The maximum Gasteiger partial charge on any atom is 0.208 e. The van der Waals surface area contributed by atoms with Gasteiger partial charge in [0, 0.05) is 25.2 Å². The highest BCUT2D eigenvalue weighted by atomic mass is 32.2. The second-order valence-corrected chi connectivity index (χ2v) is 5.50. The van der Waals surface area contributed by atoms with Crippen LogP contribution in [0.5, 0.6) is 5.75 Å². The molecule has 1 aromatic rings. The highest BCUT2D eigenvalue weighted by Crippen LogP contribution is 2.27. The predicted molar refractivity (Wildman–Crippen MR) is 68.7 cm³/mol. The average molecular weight is 277 g/mol. The zero-order valence-electron chi connectivity index (χ0n) is 10.2. The summed E-state index contributed by atoms with van der Waals surface area (Å²) in [5.41, 5.74) is 6.33. The lowest BCUT2D eigenvalue weighted by Crippen LogP contribution is -2.27. The molecule has 0 unspecified atom stereocenters. The SMILES string of the molecule is COc1cc(NCCNS(C)(=O)=O)c(N)cc1F. The monoisotopic (exact) mass is 277 g/mol. The zero-order chi connectivity index (χ0) is 13.8. The van der Waals surface area contributed by atoms with E-state index < -0.39 is 15.8 Å². The normalized spacial score (nSPS) is 11.3. The first kappa shape index (κ1) is 14.5. The minimum Gasteiger partial charge on any atom is -0.494 e. The number of ether oxygens (including phenoxy) is 1. The van der Waals surface area contributed by atoms with Crippen molar-refractivity contribution >= 4 is 21.4 Å². The molecular weight excluding hydrogens is 261 g/mol. The van der Waals surface area contributed by atoms with Gasteiger partial charge in [0.05, 0.1) is 24.7 Å². The quantitative estimate of drug-likeness (QED) is 0.516. The van der Waals surface area contributed by atoms with E-state index in [-0.39, 0.29) is 18.0 Å². The Bertz CT molecular complexity index is 519. The van der Waals surface area contributed by atoms with Crippen LogP contribution < -0.4 is 20.5 Å². The molecule has 18 heavy (non-hydrogen) atoms. The van der Waals surface area contributed by atoms with Crippen molar-refractivity contribution in [3.05, 3.63) is 17.9 Å². The summed E-state index contributed by atoms with van der Waals surface area (Å²) in [6.07, 6.45) is 1.07. The Balaban J connectivity index is 2.62. The third-order valence-electron chi connectivity index (χ3n) is 2.13. The second kappa shape index (κ2) is 5.87. The molecule has 0 atom stereocenters. The lowest BCUT2D eigenvalue weighted by atomic mass is 10.2. The van der Waals surface area contributed by atoms with Crippen LogP contribution in [0, 0.1) is 5.82 Å². The van der Waals surface area contributed by atoms with Crippen LogP contribution in [0.1, 0.15) is 0 Å². The molecule has 1 aromatic carbocycles. The molecule has 0 aliphatic rings. The van der Waals surface area contributed by atoms with Crippen molar-refractivity contribution in [2.75, 3.05) is 37.5 Å². The van der Waals surface area contributed by atoms with Crippen molar-refractivity contribution < 1.29 is 17.5 Å². The van der Waals surface area contributed by atoms with E-state index in [0.29, 0.717) is 12.2 Å². The van der Waals surface area contributed by atoms with E-state index in [1.165, 1.54) is 13.2 Å². The van der Waals surface area contributed by atoms with Gasteiger partial charge in [0.1, 0.15) is 0 Å². The molecule has 0 radical (unpaired) electrons. The number of hydrogen-bond donors (Lipinski definition) is 3. The van der Waals surface area contributed by atoms with Crippen molar-refractivity contribution in [3.8, 4) is 5.75 Å². The highest BCUT2D eigenvalue weighted by Gasteiger charge is 2.08. The van der Waals surface area contributed by atoms with Crippen molar-refractivity contribution in [1.29, 1.82) is 0 Å². The fourth-order valence-corrected chi connectivity index (χ4v) is 1.78. The van der Waals surface area contributed by atoms with Gasteiger partial charge < -0.3 is 15.8 Å². The first-order chi connectivity index (χ1) is 8.33. The summed E-state index contributed by atoms with van der Waals surface area (Å²) in [6.45, 7) is 0.532. The molecule has 102 valence electrons. The van der Waals surface area contributed by atoms with Gasteiger partial charge >= 0.3 is 0 Å². The molecule has 0 bridgehead atoms. The molecule has 0 saturated carbocycles. The Morgan fingerprint density at radius 1 is 1.39 bits per heavy atom. The maximum atomic E-state index is 13.3. The number of methoxy groups -OCH3 is 1. The number of nitrogens with two attached hydrogens (primary N) is 1. The zero-order valence-corrected chi connectivity index (χ0v) is 11.0. The molecular formula is C10H16FN3O3S. The van der Waals surface area contributed by atoms with E-state index in [4.69, 9.17) is 10.5 Å². The standard InChI is InChI=1S/C10H16FN3O3S/c1-17-10-6-9(8(12)5-7(10)11)13-3-4-14-18(2,15)16/h5-6,13-14H,3-4,12H2,1-2H3. The van der Waals surface area contributed by atoms with E-state index in [2.05, 4.69) is 10.0 Å². The van der Waals surface area contributed by atoms with Crippen LogP contribution in [0.2, 0.25) is 0 Å². The summed E-state index contributed by atoms with van der Waals surface area (Å²) in [4.78, 5) is 0. The van der Waals surface area contributed by atoms with Crippen molar-refractivity contribution in [1.82, 2.24) is 4.72 Å². The minimum atomic E-state index is -3.21. The Morgan fingerprint density at radius 2 is 2.06 bits per heavy atom. The van der Waals surface area contributed by atoms with Gasteiger partial charge in [0.15, 0.2) is 11.6 Å².